The molecule has 0 saturated carbocycles. The van der Waals surface area contributed by atoms with E-state index in [1.54, 1.807) is 6.08 Å². The third-order valence-corrected chi connectivity index (χ3v) is 4.65. The Hall–Kier alpha value is -2.88. The van der Waals surface area contributed by atoms with Crippen molar-refractivity contribution < 1.29 is 4.79 Å². The highest BCUT2D eigenvalue weighted by Gasteiger charge is 2.25. The summed E-state index contributed by atoms with van der Waals surface area (Å²) >= 11 is 0. The molecule has 0 radical (unpaired) electrons. The van der Waals surface area contributed by atoms with Crippen LogP contribution in [0.5, 0.6) is 0 Å². The molecular weight excluding hydrogens is 310 g/mol. The fourth-order valence-corrected chi connectivity index (χ4v) is 3.20. The van der Waals surface area contributed by atoms with Gasteiger partial charge in [-0.05, 0) is 30.5 Å². The van der Waals surface area contributed by atoms with Crippen molar-refractivity contribution in [3.05, 3.63) is 72.3 Å². The summed E-state index contributed by atoms with van der Waals surface area (Å²) in [6.45, 7) is 5.50. The average Bonchev–Trinajstić information content (AvgIpc) is 2.68. The first-order valence-electron chi connectivity index (χ1n) is 8.59. The molecule has 1 heterocycles. The van der Waals surface area contributed by atoms with Crippen molar-refractivity contribution in [3.8, 4) is 0 Å². The smallest absolute Gasteiger partial charge is 0.250 e. The van der Waals surface area contributed by atoms with E-state index in [0.717, 1.165) is 37.1 Å². The van der Waals surface area contributed by atoms with Crippen LogP contribution in [-0.2, 0) is 4.79 Å². The number of carbonyl (C=O) groups is 1. The number of hydrogen-bond acceptors (Lipinski definition) is 2. The first-order chi connectivity index (χ1) is 12.2. The third-order valence-electron chi connectivity index (χ3n) is 4.65. The highest BCUT2D eigenvalue weighted by molar-refractivity contribution is 6.06. The topological polar surface area (TPSA) is 58.7 Å². The third kappa shape index (κ3) is 3.97. The summed E-state index contributed by atoms with van der Waals surface area (Å²) in [7, 11) is 0. The van der Waals surface area contributed by atoms with E-state index < -0.39 is 0 Å². The van der Waals surface area contributed by atoms with Crippen LogP contribution in [0.15, 0.2) is 66.2 Å². The predicted octanol–water partition coefficient (Wildman–Crippen LogP) is 3.48. The van der Waals surface area contributed by atoms with Gasteiger partial charge in [0.2, 0.25) is 0 Å². The first-order valence-corrected chi connectivity index (χ1v) is 8.59. The van der Waals surface area contributed by atoms with Gasteiger partial charge in [0, 0.05) is 30.3 Å². The molecule has 0 aliphatic carbocycles. The SMILES string of the molecule is C=Cc1ccccc1C(N)=NC(=O)C1CCN(c2ccccc2)CC1. The van der Waals surface area contributed by atoms with Gasteiger partial charge in [-0.2, -0.15) is 4.99 Å². The Morgan fingerprint density at radius 3 is 2.40 bits per heavy atom. The Labute approximate surface area is 148 Å². The van der Waals surface area contributed by atoms with E-state index in [2.05, 4.69) is 28.6 Å². The Morgan fingerprint density at radius 1 is 1.08 bits per heavy atom. The molecule has 4 nitrogen and oxygen atoms in total. The lowest BCUT2D eigenvalue weighted by molar-refractivity contribution is -0.122. The van der Waals surface area contributed by atoms with Crippen LogP contribution >= 0.6 is 0 Å². The van der Waals surface area contributed by atoms with E-state index in [1.165, 1.54) is 5.69 Å². The molecule has 0 atom stereocenters. The number of amidine groups is 1. The van der Waals surface area contributed by atoms with Crippen molar-refractivity contribution in [2.24, 2.45) is 16.6 Å². The number of nitrogens with zero attached hydrogens (tertiary/aromatic N) is 2. The van der Waals surface area contributed by atoms with Crippen molar-refractivity contribution in [2.45, 2.75) is 12.8 Å². The van der Waals surface area contributed by atoms with Crippen molar-refractivity contribution in [2.75, 3.05) is 18.0 Å². The monoisotopic (exact) mass is 333 g/mol. The molecule has 2 N–H and O–H groups in total. The number of carbonyl (C=O) groups excluding carboxylic acids is 1. The zero-order chi connectivity index (χ0) is 17.6. The van der Waals surface area contributed by atoms with Crippen LogP contribution in [0.1, 0.15) is 24.0 Å². The number of aliphatic imine (C=N–C) groups is 1. The maximum Gasteiger partial charge on any atom is 0.250 e. The number of amides is 1. The molecular formula is C21H23N3O. The molecule has 4 heteroatoms. The van der Waals surface area contributed by atoms with Crippen LogP contribution in [0, 0.1) is 5.92 Å². The predicted molar refractivity (Wildman–Crippen MR) is 104 cm³/mol. The Morgan fingerprint density at radius 2 is 1.72 bits per heavy atom. The number of piperidine rings is 1. The van der Waals surface area contributed by atoms with Crippen molar-refractivity contribution >= 4 is 23.5 Å². The molecule has 1 aliphatic rings. The number of anilines is 1. The summed E-state index contributed by atoms with van der Waals surface area (Å²) < 4.78 is 0. The second-order valence-electron chi connectivity index (χ2n) is 6.22. The number of nitrogens with two attached hydrogens (primary N) is 1. The van der Waals surface area contributed by atoms with Crippen molar-refractivity contribution in [1.82, 2.24) is 0 Å². The van der Waals surface area contributed by atoms with Gasteiger partial charge in [-0.15, -0.1) is 0 Å². The van der Waals surface area contributed by atoms with E-state index >= 15 is 0 Å². The molecule has 0 bridgehead atoms. The van der Waals surface area contributed by atoms with Gasteiger partial charge < -0.3 is 10.6 Å². The number of hydrogen-bond donors (Lipinski definition) is 1. The Bertz CT molecular complexity index is 775. The number of benzene rings is 2. The number of para-hydroxylation sites is 1. The maximum atomic E-state index is 12.5. The highest BCUT2D eigenvalue weighted by Crippen LogP contribution is 2.24. The Kier molecular flexibility index (Phi) is 5.29. The molecule has 2 aromatic rings. The van der Waals surface area contributed by atoms with Crippen LogP contribution in [0.25, 0.3) is 6.08 Å². The zero-order valence-corrected chi connectivity index (χ0v) is 14.3. The van der Waals surface area contributed by atoms with Gasteiger partial charge in [0.25, 0.3) is 5.91 Å². The van der Waals surface area contributed by atoms with Crippen LogP contribution in [0.2, 0.25) is 0 Å². The average molecular weight is 333 g/mol. The molecule has 25 heavy (non-hydrogen) atoms. The van der Waals surface area contributed by atoms with Gasteiger partial charge in [-0.25, -0.2) is 0 Å². The fraction of sp³-hybridized carbons (Fsp3) is 0.238. The summed E-state index contributed by atoms with van der Waals surface area (Å²) in [6.07, 6.45) is 3.32. The summed E-state index contributed by atoms with van der Waals surface area (Å²) in [5.74, 6) is 0.0875. The summed E-state index contributed by atoms with van der Waals surface area (Å²) in [5, 5.41) is 0. The van der Waals surface area contributed by atoms with Gasteiger partial charge >= 0.3 is 0 Å². The molecule has 3 rings (SSSR count). The van der Waals surface area contributed by atoms with Crippen LogP contribution in [-0.4, -0.2) is 24.8 Å². The molecule has 1 saturated heterocycles. The fourth-order valence-electron chi connectivity index (χ4n) is 3.20. The molecule has 0 unspecified atom stereocenters. The second kappa shape index (κ2) is 7.79. The molecule has 128 valence electrons. The minimum absolute atomic E-state index is 0.0607. The quantitative estimate of drug-likeness (QED) is 0.688. The largest absolute Gasteiger partial charge is 0.383 e. The van der Waals surface area contributed by atoms with E-state index in [9.17, 15) is 4.79 Å². The lowest BCUT2D eigenvalue weighted by Gasteiger charge is -2.32. The van der Waals surface area contributed by atoms with Gasteiger partial charge in [-0.1, -0.05) is 55.1 Å². The van der Waals surface area contributed by atoms with E-state index in [0.29, 0.717) is 0 Å². The van der Waals surface area contributed by atoms with Gasteiger partial charge in [0.1, 0.15) is 5.84 Å². The second-order valence-corrected chi connectivity index (χ2v) is 6.22. The normalized spacial score (nSPS) is 15.8. The van der Waals surface area contributed by atoms with Crippen LogP contribution < -0.4 is 10.6 Å². The van der Waals surface area contributed by atoms with E-state index in [1.807, 2.05) is 42.5 Å². The minimum Gasteiger partial charge on any atom is -0.383 e. The highest BCUT2D eigenvalue weighted by atomic mass is 16.1. The minimum atomic E-state index is -0.121. The van der Waals surface area contributed by atoms with Gasteiger partial charge in [0.05, 0.1) is 0 Å². The standard InChI is InChI=1S/C21H23N3O/c1-2-16-8-6-7-11-19(16)20(22)23-21(25)17-12-14-24(15-13-17)18-9-4-3-5-10-18/h2-11,17H,1,12-15H2,(H2,22,23,25). The summed E-state index contributed by atoms with van der Waals surface area (Å²) in [6, 6.07) is 17.9. The Balaban J connectivity index is 1.65. The van der Waals surface area contributed by atoms with Gasteiger partial charge in [-0.3, -0.25) is 4.79 Å². The van der Waals surface area contributed by atoms with Crippen molar-refractivity contribution in [3.63, 3.8) is 0 Å². The molecule has 1 aliphatic heterocycles. The zero-order valence-electron chi connectivity index (χ0n) is 14.3. The molecule has 2 aromatic carbocycles. The van der Waals surface area contributed by atoms with E-state index in [-0.39, 0.29) is 17.7 Å². The van der Waals surface area contributed by atoms with E-state index in [4.69, 9.17) is 5.73 Å². The first kappa shape index (κ1) is 17.0. The molecule has 1 amide bonds. The van der Waals surface area contributed by atoms with Crippen LogP contribution in [0.4, 0.5) is 5.69 Å². The molecule has 0 aromatic heterocycles. The van der Waals surface area contributed by atoms with Crippen LogP contribution in [0.3, 0.4) is 0 Å². The lowest BCUT2D eigenvalue weighted by Crippen LogP contribution is -2.36. The van der Waals surface area contributed by atoms with Crippen molar-refractivity contribution in [1.29, 1.82) is 0 Å². The molecule has 1 fully saturated rings. The molecule has 0 spiro atoms. The number of rotatable bonds is 4. The van der Waals surface area contributed by atoms with Gasteiger partial charge in [0.15, 0.2) is 0 Å². The lowest BCUT2D eigenvalue weighted by atomic mass is 9.95. The summed E-state index contributed by atoms with van der Waals surface area (Å²) in [4.78, 5) is 19.0. The summed E-state index contributed by atoms with van der Waals surface area (Å²) in [5.41, 5.74) is 8.91. The maximum absolute atomic E-state index is 12.5.